The largest absolute Gasteiger partial charge is 0.384 e. The first kappa shape index (κ1) is 13.5. The molecule has 3 heteroatoms. The number of anilines is 1. The van der Waals surface area contributed by atoms with Crippen LogP contribution in [0.1, 0.15) is 16.7 Å². The molecule has 0 amide bonds. The maximum Gasteiger partial charge on any atom is 0.0992 e. The molecular formula is C16H15ClN2. The number of halogens is 1. The Bertz CT molecular complexity index is 614. The normalized spacial score (nSPS) is 9.95. The van der Waals surface area contributed by atoms with Gasteiger partial charge in [0.2, 0.25) is 0 Å². The van der Waals surface area contributed by atoms with Crippen LogP contribution in [0.5, 0.6) is 0 Å². The lowest BCUT2D eigenvalue weighted by Crippen LogP contribution is -2.06. The van der Waals surface area contributed by atoms with Gasteiger partial charge < -0.3 is 5.32 Å². The van der Waals surface area contributed by atoms with Crippen LogP contribution in [0.25, 0.3) is 0 Å². The third-order valence-electron chi connectivity index (χ3n) is 3.07. The van der Waals surface area contributed by atoms with E-state index in [0.29, 0.717) is 10.6 Å². The van der Waals surface area contributed by atoms with Gasteiger partial charge in [0.05, 0.1) is 22.3 Å². The van der Waals surface area contributed by atoms with E-state index in [1.807, 2.05) is 12.1 Å². The first-order valence-electron chi connectivity index (χ1n) is 6.19. The fraction of sp³-hybridized carbons (Fsp3) is 0.188. The number of benzene rings is 2. The third kappa shape index (κ3) is 3.49. The fourth-order valence-corrected chi connectivity index (χ4v) is 2.20. The molecule has 1 N–H and O–H groups in total. The number of rotatable bonds is 4. The predicted octanol–water partition coefficient (Wildman–Crippen LogP) is 4.17. The molecule has 96 valence electrons. The maximum absolute atomic E-state index is 8.78. The predicted molar refractivity (Wildman–Crippen MR) is 79.5 cm³/mol. The topological polar surface area (TPSA) is 35.8 Å². The van der Waals surface area contributed by atoms with Gasteiger partial charge in [-0.15, -0.1) is 0 Å². The molecule has 0 spiro atoms. The van der Waals surface area contributed by atoms with Crippen molar-refractivity contribution in [1.82, 2.24) is 0 Å². The molecule has 0 aromatic heterocycles. The van der Waals surface area contributed by atoms with Crippen LogP contribution >= 0.6 is 11.6 Å². The highest BCUT2D eigenvalue weighted by Crippen LogP contribution is 2.22. The van der Waals surface area contributed by atoms with Gasteiger partial charge in [0, 0.05) is 6.54 Å². The van der Waals surface area contributed by atoms with Crippen molar-refractivity contribution < 1.29 is 0 Å². The monoisotopic (exact) mass is 270 g/mol. The van der Waals surface area contributed by atoms with Crippen LogP contribution in [0.15, 0.2) is 42.5 Å². The zero-order chi connectivity index (χ0) is 13.7. The first-order chi connectivity index (χ1) is 9.20. The Morgan fingerprint density at radius 2 is 2.00 bits per heavy atom. The van der Waals surface area contributed by atoms with E-state index in [1.165, 1.54) is 11.1 Å². The van der Waals surface area contributed by atoms with E-state index in [-0.39, 0.29) is 0 Å². The average Bonchev–Trinajstić information content (AvgIpc) is 2.42. The van der Waals surface area contributed by atoms with Crippen molar-refractivity contribution in [2.24, 2.45) is 0 Å². The molecule has 0 atom stereocenters. The van der Waals surface area contributed by atoms with E-state index in [9.17, 15) is 0 Å². The smallest absolute Gasteiger partial charge is 0.0992 e. The molecule has 2 rings (SSSR count). The van der Waals surface area contributed by atoms with Crippen LogP contribution in [0.3, 0.4) is 0 Å². The number of aryl methyl sites for hydroxylation is 1. The second-order valence-corrected chi connectivity index (χ2v) is 4.82. The molecule has 0 heterocycles. The lowest BCUT2D eigenvalue weighted by Gasteiger charge is -2.10. The summed E-state index contributed by atoms with van der Waals surface area (Å²) in [4.78, 5) is 0. The summed E-state index contributed by atoms with van der Waals surface area (Å²) >= 11 is 6.11. The van der Waals surface area contributed by atoms with Crippen LogP contribution in [0.2, 0.25) is 5.02 Å². The lowest BCUT2D eigenvalue weighted by molar-refractivity contribution is 1.01. The van der Waals surface area contributed by atoms with Gasteiger partial charge in [0.25, 0.3) is 0 Å². The summed E-state index contributed by atoms with van der Waals surface area (Å²) in [5.41, 5.74) is 4.08. The van der Waals surface area contributed by atoms with Crippen molar-refractivity contribution in [3.63, 3.8) is 0 Å². The minimum absolute atomic E-state index is 0.578. The van der Waals surface area contributed by atoms with Gasteiger partial charge in [-0.05, 0) is 42.7 Å². The van der Waals surface area contributed by atoms with Crippen LogP contribution in [-0.4, -0.2) is 6.54 Å². The fourth-order valence-electron chi connectivity index (χ4n) is 1.95. The Morgan fingerprint density at radius 1 is 1.21 bits per heavy atom. The SMILES string of the molecule is Cc1ccccc1CCNc1ccc(C#N)cc1Cl. The Kier molecular flexibility index (Phi) is 4.43. The Labute approximate surface area is 118 Å². The zero-order valence-corrected chi connectivity index (χ0v) is 11.5. The quantitative estimate of drug-likeness (QED) is 0.905. The zero-order valence-electron chi connectivity index (χ0n) is 10.8. The number of nitrogens with zero attached hydrogens (tertiary/aromatic N) is 1. The molecule has 0 saturated carbocycles. The third-order valence-corrected chi connectivity index (χ3v) is 3.38. The summed E-state index contributed by atoms with van der Waals surface area (Å²) < 4.78 is 0. The van der Waals surface area contributed by atoms with Crippen LogP contribution in [0.4, 0.5) is 5.69 Å². The Morgan fingerprint density at radius 3 is 2.68 bits per heavy atom. The molecule has 0 aliphatic rings. The van der Waals surface area contributed by atoms with E-state index in [0.717, 1.165) is 18.7 Å². The van der Waals surface area contributed by atoms with Crippen molar-refractivity contribution in [3.05, 3.63) is 64.2 Å². The summed E-state index contributed by atoms with van der Waals surface area (Å²) in [5.74, 6) is 0. The van der Waals surface area contributed by atoms with Crippen LogP contribution < -0.4 is 5.32 Å². The summed E-state index contributed by atoms with van der Waals surface area (Å²) in [6.07, 6.45) is 0.947. The van der Waals surface area contributed by atoms with E-state index in [2.05, 4.69) is 36.5 Å². The Balaban J connectivity index is 1.97. The standard InChI is InChI=1S/C16H15ClN2/c1-12-4-2-3-5-14(12)8-9-19-16-7-6-13(11-18)10-15(16)17/h2-7,10,19H,8-9H2,1H3. The lowest BCUT2D eigenvalue weighted by atomic mass is 10.1. The summed E-state index contributed by atoms with van der Waals surface area (Å²) in [6, 6.07) is 15.7. The van der Waals surface area contributed by atoms with Crippen LogP contribution in [0, 0.1) is 18.3 Å². The summed E-state index contributed by atoms with van der Waals surface area (Å²) in [7, 11) is 0. The summed E-state index contributed by atoms with van der Waals surface area (Å²) in [5, 5.41) is 12.7. The van der Waals surface area contributed by atoms with Gasteiger partial charge in [-0.2, -0.15) is 5.26 Å². The second-order valence-electron chi connectivity index (χ2n) is 4.41. The maximum atomic E-state index is 8.78. The molecule has 0 unspecified atom stereocenters. The Hall–Kier alpha value is -1.98. The van der Waals surface area contributed by atoms with Gasteiger partial charge in [-0.25, -0.2) is 0 Å². The molecule has 0 aliphatic carbocycles. The molecule has 2 nitrogen and oxygen atoms in total. The van der Waals surface area contributed by atoms with Gasteiger partial charge >= 0.3 is 0 Å². The highest BCUT2D eigenvalue weighted by Gasteiger charge is 2.02. The second kappa shape index (κ2) is 6.26. The highest BCUT2D eigenvalue weighted by molar-refractivity contribution is 6.33. The first-order valence-corrected chi connectivity index (χ1v) is 6.56. The highest BCUT2D eigenvalue weighted by atomic mass is 35.5. The molecule has 2 aromatic rings. The molecule has 0 aliphatic heterocycles. The van der Waals surface area contributed by atoms with Gasteiger partial charge in [-0.1, -0.05) is 35.9 Å². The molecule has 19 heavy (non-hydrogen) atoms. The van der Waals surface area contributed by atoms with Crippen molar-refractivity contribution in [2.75, 3.05) is 11.9 Å². The number of nitrogens with one attached hydrogen (secondary N) is 1. The van der Waals surface area contributed by atoms with Crippen molar-refractivity contribution >= 4 is 17.3 Å². The molecule has 2 aromatic carbocycles. The van der Waals surface area contributed by atoms with Gasteiger partial charge in [0.1, 0.15) is 0 Å². The minimum atomic E-state index is 0.578. The van der Waals surface area contributed by atoms with E-state index >= 15 is 0 Å². The van der Waals surface area contributed by atoms with Crippen molar-refractivity contribution in [3.8, 4) is 6.07 Å². The molecule has 0 radical (unpaired) electrons. The average molecular weight is 271 g/mol. The van der Waals surface area contributed by atoms with Crippen molar-refractivity contribution in [1.29, 1.82) is 5.26 Å². The minimum Gasteiger partial charge on any atom is -0.384 e. The molecule has 0 saturated heterocycles. The van der Waals surface area contributed by atoms with Crippen LogP contribution in [-0.2, 0) is 6.42 Å². The number of hydrogen-bond donors (Lipinski definition) is 1. The van der Waals surface area contributed by atoms with E-state index < -0.39 is 0 Å². The van der Waals surface area contributed by atoms with Gasteiger partial charge in [-0.3, -0.25) is 0 Å². The number of hydrogen-bond acceptors (Lipinski definition) is 2. The number of nitriles is 1. The van der Waals surface area contributed by atoms with Crippen molar-refractivity contribution in [2.45, 2.75) is 13.3 Å². The molecule has 0 fully saturated rings. The van der Waals surface area contributed by atoms with E-state index in [4.69, 9.17) is 16.9 Å². The van der Waals surface area contributed by atoms with Gasteiger partial charge in [0.15, 0.2) is 0 Å². The molecular weight excluding hydrogens is 256 g/mol. The summed E-state index contributed by atoms with van der Waals surface area (Å²) in [6.45, 7) is 2.93. The van der Waals surface area contributed by atoms with E-state index in [1.54, 1.807) is 12.1 Å². The molecule has 0 bridgehead atoms.